The summed E-state index contributed by atoms with van der Waals surface area (Å²) in [5.41, 5.74) is 1.90. The van der Waals surface area contributed by atoms with Gasteiger partial charge in [-0.1, -0.05) is 25.1 Å². The monoisotopic (exact) mass is 280 g/mol. The lowest BCUT2D eigenvalue weighted by atomic mass is 10.2. The first-order chi connectivity index (χ1) is 10.3. The highest BCUT2D eigenvalue weighted by Crippen LogP contribution is 2.28. The van der Waals surface area contributed by atoms with Crippen molar-refractivity contribution in [1.29, 1.82) is 0 Å². The van der Waals surface area contributed by atoms with E-state index in [-0.39, 0.29) is 0 Å². The summed E-state index contributed by atoms with van der Waals surface area (Å²) < 4.78 is 5.90. The Morgan fingerprint density at radius 3 is 2.81 bits per heavy atom. The average Bonchev–Trinajstić information content (AvgIpc) is 2.54. The molecule has 0 atom stereocenters. The Kier molecular flexibility index (Phi) is 3.64. The summed E-state index contributed by atoms with van der Waals surface area (Å²) in [6.07, 6.45) is 3.99. The highest BCUT2D eigenvalue weighted by Gasteiger charge is 2.11. The molecule has 106 valence electrons. The quantitative estimate of drug-likeness (QED) is 0.793. The predicted octanol–water partition coefficient (Wildman–Crippen LogP) is 3.42. The van der Waals surface area contributed by atoms with Crippen LogP contribution in [-0.4, -0.2) is 22.0 Å². The lowest BCUT2D eigenvalue weighted by Gasteiger charge is -2.11. The lowest BCUT2D eigenvalue weighted by Crippen LogP contribution is -2.02. The molecule has 5 nitrogen and oxygen atoms in total. The maximum Gasteiger partial charge on any atom is 0.227 e. The number of aromatic nitrogens is 3. The number of ether oxygens (including phenoxy) is 1. The van der Waals surface area contributed by atoms with E-state index in [0.29, 0.717) is 11.6 Å². The summed E-state index contributed by atoms with van der Waals surface area (Å²) in [4.78, 5) is 12.8. The Balaban J connectivity index is 1.98. The van der Waals surface area contributed by atoms with Gasteiger partial charge in [-0.05, 0) is 18.6 Å². The van der Waals surface area contributed by atoms with E-state index in [2.05, 4.69) is 20.3 Å². The van der Waals surface area contributed by atoms with Crippen molar-refractivity contribution in [2.45, 2.75) is 13.3 Å². The van der Waals surface area contributed by atoms with Gasteiger partial charge in [-0.2, -0.15) is 0 Å². The number of fused-ring (bicyclic) bond motifs is 1. The molecule has 0 fully saturated rings. The van der Waals surface area contributed by atoms with Crippen LogP contribution >= 0.6 is 0 Å². The molecule has 0 aliphatic heterocycles. The second-order valence-corrected chi connectivity index (χ2v) is 4.58. The first kappa shape index (κ1) is 13.3. The van der Waals surface area contributed by atoms with E-state index in [1.165, 1.54) is 6.33 Å². The summed E-state index contributed by atoms with van der Waals surface area (Å²) in [6, 6.07) is 9.89. The number of hydrogen-bond donors (Lipinski definition) is 1. The van der Waals surface area contributed by atoms with Crippen molar-refractivity contribution in [3.8, 4) is 11.6 Å². The van der Waals surface area contributed by atoms with Crippen LogP contribution in [0.3, 0.4) is 0 Å². The Bertz CT molecular complexity index is 773. The molecule has 3 aromatic rings. The molecule has 0 saturated carbocycles. The molecule has 0 bridgehead atoms. The standard InChI is InChI=1S/C16H16N4O/c1-3-13-15(17-2)19-10-20-16(13)21-12-8-11-6-4-5-7-14(11)18-9-12/h4-10H,3H2,1-2H3,(H,17,19,20). The van der Waals surface area contributed by atoms with Gasteiger partial charge in [0.05, 0.1) is 17.3 Å². The molecule has 2 aromatic heterocycles. The maximum atomic E-state index is 5.90. The summed E-state index contributed by atoms with van der Waals surface area (Å²) in [6.45, 7) is 2.05. The summed E-state index contributed by atoms with van der Waals surface area (Å²) in [5, 5.41) is 4.09. The minimum Gasteiger partial charge on any atom is -0.437 e. The van der Waals surface area contributed by atoms with Gasteiger partial charge in [0.15, 0.2) is 0 Å². The molecule has 0 saturated heterocycles. The van der Waals surface area contributed by atoms with Crippen molar-refractivity contribution in [2.24, 2.45) is 0 Å². The molecular weight excluding hydrogens is 264 g/mol. The van der Waals surface area contributed by atoms with Gasteiger partial charge in [-0.3, -0.25) is 4.98 Å². The summed E-state index contributed by atoms with van der Waals surface area (Å²) in [7, 11) is 1.84. The third kappa shape index (κ3) is 2.63. The number of pyridine rings is 1. The highest BCUT2D eigenvalue weighted by atomic mass is 16.5. The fourth-order valence-corrected chi connectivity index (χ4v) is 2.24. The molecule has 21 heavy (non-hydrogen) atoms. The number of hydrogen-bond acceptors (Lipinski definition) is 5. The molecule has 0 amide bonds. The molecule has 0 radical (unpaired) electrons. The van der Waals surface area contributed by atoms with Gasteiger partial charge in [0.25, 0.3) is 0 Å². The Morgan fingerprint density at radius 2 is 2.00 bits per heavy atom. The number of rotatable bonds is 4. The van der Waals surface area contributed by atoms with Crippen LogP contribution in [-0.2, 0) is 6.42 Å². The van der Waals surface area contributed by atoms with E-state index in [4.69, 9.17) is 4.74 Å². The van der Waals surface area contributed by atoms with Crippen molar-refractivity contribution in [3.05, 3.63) is 48.4 Å². The normalized spacial score (nSPS) is 10.6. The van der Waals surface area contributed by atoms with E-state index >= 15 is 0 Å². The van der Waals surface area contributed by atoms with E-state index < -0.39 is 0 Å². The molecule has 5 heteroatoms. The molecule has 2 heterocycles. The number of anilines is 1. The zero-order valence-corrected chi connectivity index (χ0v) is 12.0. The van der Waals surface area contributed by atoms with Gasteiger partial charge in [0, 0.05) is 12.4 Å². The smallest absolute Gasteiger partial charge is 0.227 e. The first-order valence-corrected chi connectivity index (χ1v) is 6.86. The van der Waals surface area contributed by atoms with E-state index in [1.807, 2.05) is 44.3 Å². The van der Waals surface area contributed by atoms with Crippen molar-refractivity contribution in [2.75, 3.05) is 12.4 Å². The second kappa shape index (κ2) is 5.75. The Morgan fingerprint density at radius 1 is 1.14 bits per heavy atom. The average molecular weight is 280 g/mol. The lowest BCUT2D eigenvalue weighted by molar-refractivity contribution is 0.454. The molecular formula is C16H16N4O. The van der Waals surface area contributed by atoms with Crippen molar-refractivity contribution in [3.63, 3.8) is 0 Å². The Hall–Kier alpha value is -2.69. The van der Waals surface area contributed by atoms with Crippen LogP contribution < -0.4 is 10.1 Å². The van der Waals surface area contributed by atoms with Gasteiger partial charge in [0.1, 0.15) is 17.9 Å². The summed E-state index contributed by atoms with van der Waals surface area (Å²) in [5.74, 6) is 2.02. The molecule has 1 N–H and O–H groups in total. The number of nitrogens with zero attached hydrogens (tertiary/aromatic N) is 3. The fourth-order valence-electron chi connectivity index (χ4n) is 2.24. The topological polar surface area (TPSA) is 59.9 Å². The molecule has 0 spiro atoms. The van der Waals surface area contributed by atoms with E-state index in [0.717, 1.165) is 28.7 Å². The third-order valence-electron chi connectivity index (χ3n) is 3.28. The van der Waals surface area contributed by atoms with Crippen LogP contribution in [0.25, 0.3) is 10.9 Å². The highest BCUT2D eigenvalue weighted by molar-refractivity contribution is 5.79. The fraction of sp³-hybridized carbons (Fsp3) is 0.188. The van der Waals surface area contributed by atoms with Crippen LogP contribution in [0.4, 0.5) is 5.82 Å². The van der Waals surface area contributed by atoms with Crippen LogP contribution in [0, 0.1) is 0 Å². The molecule has 1 aromatic carbocycles. The minimum absolute atomic E-state index is 0.564. The van der Waals surface area contributed by atoms with Crippen LogP contribution in [0.2, 0.25) is 0 Å². The minimum atomic E-state index is 0.564. The molecule has 0 aliphatic rings. The van der Waals surface area contributed by atoms with Gasteiger partial charge in [-0.15, -0.1) is 0 Å². The maximum absolute atomic E-state index is 5.90. The first-order valence-electron chi connectivity index (χ1n) is 6.86. The van der Waals surface area contributed by atoms with Gasteiger partial charge < -0.3 is 10.1 Å². The van der Waals surface area contributed by atoms with Crippen LogP contribution in [0.15, 0.2) is 42.9 Å². The van der Waals surface area contributed by atoms with E-state index in [1.54, 1.807) is 6.20 Å². The molecule has 0 aliphatic carbocycles. The number of nitrogens with one attached hydrogen (secondary N) is 1. The van der Waals surface area contributed by atoms with Gasteiger partial charge in [0.2, 0.25) is 5.88 Å². The van der Waals surface area contributed by atoms with Crippen molar-refractivity contribution >= 4 is 16.7 Å². The molecule has 0 unspecified atom stereocenters. The largest absolute Gasteiger partial charge is 0.437 e. The molecule has 3 rings (SSSR count). The summed E-state index contributed by atoms with van der Waals surface area (Å²) >= 11 is 0. The zero-order chi connectivity index (χ0) is 14.7. The van der Waals surface area contributed by atoms with Gasteiger partial charge >= 0.3 is 0 Å². The van der Waals surface area contributed by atoms with Crippen LogP contribution in [0.5, 0.6) is 11.6 Å². The van der Waals surface area contributed by atoms with Crippen molar-refractivity contribution in [1.82, 2.24) is 15.0 Å². The second-order valence-electron chi connectivity index (χ2n) is 4.58. The third-order valence-corrected chi connectivity index (χ3v) is 3.28. The van der Waals surface area contributed by atoms with Crippen LogP contribution in [0.1, 0.15) is 12.5 Å². The number of benzene rings is 1. The number of para-hydroxylation sites is 1. The Labute approximate surface area is 123 Å². The SMILES string of the molecule is CCc1c(NC)ncnc1Oc1cnc2ccccc2c1. The van der Waals surface area contributed by atoms with Crippen molar-refractivity contribution < 1.29 is 4.74 Å². The van der Waals surface area contributed by atoms with Gasteiger partial charge in [-0.25, -0.2) is 9.97 Å². The zero-order valence-electron chi connectivity index (χ0n) is 12.0. The van der Waals surface area contributed by atoms with E-state index in [9.17, 15) is 0 Å². The predicted molar refractivity (Wildman–Crippen MR) is 82.8 cm³/mol.